The molecule has 4 rings (SSSR count). The molecule has 148 valence electrons. The van der Waals surface area contributed by atoms with Gasteiger partial charge in [-0.15, -0.1) is 11.3 Å². The van der Waals surface area contributed by atoms with E-state index in [4.69, 9.17) is 0 Å². The minimum absolute atomic E-state index is 0.0501. The van der Waals surface area contributed by atoms with E-state index < -0.39 is 0 Å². The maximum atomic E-state index is 12.0. The lowest BCUT2D eigenvalue weighted by Gasteiger charge is -2.09. The minimum atomic E-state index is -0.0501. The van der Waals surface area contributed by atoms with Crippen LogP contribution in [-0.4, -0.2) is 23.3 Å². The molecule has 0 aliphatic carbocycles. The third kappa shape index (κ3) is 4.38. The second-order valence-corrected chi connectivity index (χ2v) is 8.59. The van der Waals surface area contributed by atoms with E-state index in [1.807, 2.05) is 13.8 Å². The Bertz CT molecular complexity index is 1070. The zero-order valence-electron chi connectivity index (χ0n) is 16.5. The lowest BCUT2D eigenvalue weighted by molar-refractivity contribution is -0.115. The summed E-state index contributed by atoms with van der Waals surface area (Å²) >= 11 is 1.41. The van der Waals surface area contributed by atoms with Crippen LogP contribution >= 0.6 is 11.3 Å². The fourth-order valence-electron chi connectivity index (χ4n) is 3.61. The van der Waals surface area contributed by atoms with Crippen LogP contribution in [0.1, 0.15) is 37.8 Å². The van der Waals surface area contributed by atoms with Crippen molar-refractivity contribution in [3.63, 3.8) is 0 Å². The highest BCUT2D eigenvalue weighted by atomic mass is 32.1. The summed E-state index contributed by atoms with van der Waals surface area (Å²) in [5.74, 6) is 0.0130. The van der Waals surface area contributed by atoms with Crippen LogP contribution in [0.25, 0.3) is 11.1 Å². The molecule has 0 unspecified atom stereocenters. The molecular weight excluding hydrogens is 382 g/mol. The highest BCUT2D eigenvalue weighted by Crippen LogP contribution is 2.32. The van der Waals surface area contributed by atoms with Crippen LogP contribution in [0.4, 0.5) is 5.69 Å². The Morgan fingerprint density at radius 3 is 2.69 bits per heavy atom. The molecule has 0 saturated carbocycles. The second-order valence-electron chi connectivity index (χ2n) is 7.35. The first-order valence-electron chi connectivity index (χ1n) is 9.73. The van der Waals surface area contributed by atoms with Crippen LogP contribution in [0.2, 0.25) is 0 Å². The van der Waals surface area contributed by atoms with E-state index in [9.17, 15) is 9.59 Å². The summed E-state index contributed by atoms with van der Waals surface area (Å²) in [4.78, 5) is 28.5. The summed E-state index contributed by atoms with van der Waals surface area (Å²) in [7, 11) is 0. The van der Waals surface area contributed by atoms with E-state index in [1.54, 1.807) is 6.20 Å². The van der Waals surface area contributed by atoms with Crippen LogP contribution in [-0.2, 0) is 17.6 Å². The van der Waals surface area contributed by atoms with Gasteiger partial charge in [0.15, 0.2) is 0 Å². The summed E-state index contributed by atoms with van der Waals surface area (Å²) in [6, 6.07) is 12.7. The molecule has 2 amide bonds. The molecule has 5 nitrogen and oxygen atoms in total. The molecule has 0 bridgehead atoms. The van der Waals surface area contributed by atoms with E-state index in [1.165, 1.54) is 16.9 Å². The summed E-state index contributed by atoms with van der Waals surface area (Å²) in [5, 5.41) is 6.78. The number of nitrogens with zero attached hydrogens (tertiary/aromatic N) is 1. The number of aryl methyl sites for hydroxylation is 3. The molecule has 0 atom stereocenters. The number of aromatic nitrogens is 1. The van der Waals surface area contributed by atoms with Gasteiger partial charge in [0.25, 0.3) is 5.91 Å². The SMILES string of the molecule is Cc1ncc(C(=O)NCCCc2ccc(-c3cc(C)c4c(c3)CC(=O)N4)cc2)s1. The number of benzene rings is 2. The number of thiazole rings is 1. The van der Waals surface area contributed by atoms with Crippen LogP contribution in [0.15, 0.2) is 42.6 Å². The van der Waals surface area contributed by atoms with E-state index in [0.29, 0.717) is 17.8 Å². The van der Waals surface area contributed by atoms with Crippen molar-refractivity contribution < 1.29 is 9.59 Å². The molecule has 1 aromatic heterocycles. The third-order valence-electron chi connectivity index (χ3n) is 5.09. The van der Waals surface area contributed by atoms with Crippen LogP contribution in [0, 0.1) is 13.8 Å². The van der Waals surface area contributed by atoms with Gasteiger partial charge in [0.2, 0.25) is 5.91 Å². The van der Waals surface area contributed by atoms with Gasteiger partial charge in [0.1, 0.15) is 4.88 Å². The lowest BCUT2D eigenvalue weighted by atomic mass is 9.97. The van der Waals surface area contributed by atoms with Gasteiger partial charge in [-0.1, -0.05) is 24.3 Å². The van der Waals surface area contributed by atoms with Crippen LogP contribution in [0.3, 0.4) is 0 Å². The number of carbonyl (C=O) groups is 2. The first-order valence-corrected chi connectivity index (χ1v) is 10.5. The first kappa shape index (κ1) is 19.3. The molecule has 2 aromatic carbocycles. The summed E-state index contributed by atoms with van der Waals surface area (Å²) in [6.07, 6.45) is 3.87. The van der Waals surface area contributed by atoms with E-state index in [2.05, 4.69) is 52.0 Å². The third-order valence-corrected chi connectivity index (χ3v) is 6.00. The molecule has 0 fully saturated rings. The van der Waals surface area contributed by atoms with Gasteiger partial charge in [-0.25, -0.2) is 4.98 Å². The zero-order valence-corrected chi connectivity index (χ0v) is 17.4. The molecule has 0 spiro atoms. The summed E-state index contributed by atoms with van der Waals surface area (Å²) < 4.78 is 0. The normalized spacial score (nSPS) is 12.6. The number of carbonyl (C=O) groups excluding carboxylic acids is 2. The Labute approximate surface area is 174 Å². The maximum absolute atomic E-state index is 12.0. The average Bonchev–Trinajstić information content (AvgIpc) is 3.31. The van der Waals surface area contributed by atoms with Crippen molar-refractivity contribution in [1.82, 2.24) is 10.3 Å². The van der Waals surface area contributed by atoms with Crippen molar-refractivity contribution in [3.8, 4) is 11.1 Å². The standard InChI is InChI=1S/C23H23N3O2S/c1-14-10-18(11-19-12-21(27)26-22(14)19)17-7-5-16(6-8-17)4-3-9-24-23(28)20-13-25-15(2)29-20/h5-8,10-11,13H,3-4,9,12H2,1-2H3,(H,24,28)(H,26,27). The lowest BCUT2D eigenvalue weighted by Crippen LogP contribution is -2.23. The van der Waals surface area contributed by atoms with Crippen molar-refractivity contribution in [2.45, 2.75) is 33.1 Å². The average molecular weight is 406 g/mol. The highest BCUT2D eigenvalue weighted by Gasteiger charge is 2.20. The van der Waals surface area contributed by atoms with Crippen molar-refractivity contribution >= 4 is 28.8 Å². The van der Waals surface area contributed by atoms with Crippen molar-refractivity contribution in [3.05, 3.63) is 69.2 Å². The zero-order chi connectivity index (χ0) is 20.4. The molecule has 6 heteroatoms. The molecule has 2 heterocycles. The Kier molecular flexibility index (Phi) is 5.45. The monoisotopic (exact) mass is 405 g/mol. The summed E-state index contributed by atoms with van der Waals surface area (Å²) in [5.41, 5.74) is 6.65. The van der Waals surface area contributed by atoms with Gasteiger partial charge < -0.3 is 10.6 Å². The molecule has 1 aliphatic rings. The molecule has 2 N–H and O–H groups in total. The molecule has 3 aromatic rings. The highest BCUT2D eigenvalue weighted by molar-refractivity contribution is 7.13. The topological polar surface area (TPSA) is 71.1 Å². The largest absolute Gasteiger partial charge is 0.351 e. The van der Waals surface area contributed by atoms with Crippen molar-refractivity contribution in [1.29, 1.82) is 0 Å². The second kappa shape index (κ2) is 8.17. The quantitative estimate of drug-likeness (QED) is 0.601. The number of anilines is 1. The number of hydrogen-bond acceptors (Lipinski definition) is 4. The fourth-order valence-corrected chi connectivity index (χ4v) is 4.31. The van der Waals surface area contributed by atoms with Gasteiger partial charge in [-0.05, 0) is 66.6 Å². The van der Waals surface area contributed by atoms with E-state index in [0.717, 1.165) is 45.8 Å². The molecule has 0 saturated heterocycles. The Hall–Kier alpha value is -2.99. The number of hydrogen-bond donors (Lipinski definition) is 2. The Balaban J connectivity index is 1.33. The van der Waals surface area contributed by atoms with E-state index >= 15 is 0 Å². The van der Waals surface area contributed by atoms with Gasteiger partial charge in [0, 0.05) is 12.2 Å². The number of rotatable bonds is 6. The first-order chi connectivity index (χ1) is 14.0. The summed E-state index contributed by atoms with van der Waals surface area (Å²) in [6.45, 7) is 4.57. The predicted molar refractivity (Wildman–Crippen MR) is 116 cm³/mol. The molecule has 0 radical (unpaired) electrons. The maximum Gasteiger partial charge on any atom is 0.263 e. The van der Waals surface area contributed by atoms with E-state index in [-0.39, 0.29) is 11.8 Å². The van der Waals surface area contributed by atoms with Gasteiger partial charge in [-0.3, -0.25) is 9.59 Å². The Morgan fingerprint density at radius 2 is 1.97 bits per heavy atom. The van der Waals surface area contributed by atoms with Gasteiger partial charge in [0.05, 0.1) is 17.6 Å². The number of amides is 2. The number of nitrogens with one attached hydrogen (secondary N) is 2. The van der Waals surface area contributed by atoms with Crippen LogP contribution < -0.4 is 10.6 Å². The Morgan fingerprint density at radius 1 is 1.17 bits per heavy atom. The van der Waals surface area contributed by atoms with Crippen molar-refractivity contribution in [2.75, 3.05) is 11.9 Å². The number of fused-ring (bicyclic) bond motifs is 1. The van der Waals surface area contributed by atoms with Crippen LogP contribution in [0.5, 0.6) is 0 Å². The molecule has 1 aliphatic heterocycles. The van der Waals surface area contributed by atoms with Gasteiger partial charge >= 0.3 is 0 Å². The fraction of sp³-hybridized carbons (Fsp3) is 0.261. The predicted octanol–water partition coefficient (Wildman–Crippen LogP) is 4.28. The molecule has 29 heavy (non-hydrogen) atoms. The molecular formula is C23H23N3O2S. The van der Waals surface area contributed by atoms with Gasteiger partial charge in [-0.2, -0.15) is 0 Å². The smallest absolute Gasteiger partial charge is 0.263 e. The minimum Gasteiger partial charge on any atom is -0.351 e. The van der Waals surface area contributed by atoms with Crippen molar-refractivity contribution in [2.24, 2.45) is 0 Å².